The Bertz CT molecular complexity index is 634. The Balaban J connectivity index is 1.76. The second-order valence-electron chi connectivity index (χ2n) is 5.73. The van der Waals surface area contributed by atoms with Gasteiger partial charge in [-0.15, -0.1) is 11.3 Å². The first-order valence-electron chi connectivity index (χ1n) is 7.49. The Morgan fingerprint density at radius 2 is 1.95 bits per heavy atom. The molecule has 2 aliphatic rings. The average Bonchev–Trinajstić information content (AvgIpc) is 3.03. The summed E-state index contributed by atoms with van der Waals surface area (Å²) in [6.07, 6.45) is 4.36. The van der Waals surface area contributed by atoms with Gasteiger partial charge in [-0.2, -0.15) is 0 Å². The molecule has 0 saturated heterocycles. The Morgan fingerprint density at radius 3 is 2.64 bits per heavy atom. The van der Waals surface area contributed by atoms with Gasteiger partial charge in [0.1, 0.15) is 5.00 Å². The Morgan fingerprint density at radius 1 is 1.18 bits per heavy atom. The molecule has 118 valence electrons. The minimum atomic E-state index is -1.25. The van der Waals surface area contributed by atoms with Crippen molar-refractivity contribution < 1.29 is 19.5 Å². The van der Waals surface area contributed by atoms with Crippen LogP contribution in [0.25, 0.3) is 0 Å². The summed E-state index contributed by atoms with van der Waals surface area (Å²) in [6.45, 7) is 0. The molecule has 7 heteroatoms. The van der Waals surface area contributed by atoms with Gasteiger partial charge in [-0.1, -0.05) is 0 Å². The lowest BCUT2D eigenvalue weighted by atomic mass is 10.1. The molecule has 1 aromatic rings. The molecule has 2 aliphatic carbocycles. The van der Waals surface area contributed by atoms with Crippen LogP contribution in [0.1, 0.15) is 52.9 Å². The number of hydrogen-bond acceptors (Lipinski definition) is 5. The number of carboxylic acid groups (broad SMARTS) is 1. The zero-order valence-corrected chi connectivity index (χ0v) is 12.9. The normalized spacial score (nSPS) is 16.2. The molecular weight excluding hydrogens is 304 g/mol. The van der Waals surface area contributed by atoms with Gasteiger partial charge in [-0.25, -0.2) is 0 Å². The van der Waals surface area contributed by atoms with Crippen molar-refractivity contribution in [2.24, 2.45) is 0 Å². The number of rotatable bonds is 6. The highest BCUT2D eigenvalue weighted by atomic mass is 32.1. The summed E-state index contributed by atoms with van der Waals surface area (Å²) in [6, 6.07) is 0.256. The molecule has 1 saturated carbocycles. The summed E-state index contributed by atoms with van der Waals surface area (Å²) >= 11 is 1.43. The Hall–Kier alpha value is -1.89. The third-order valence-corrected chi connectivity index (χ3v) is 5.08. The van der Waals surface area contributed by atoms with Gasteiger partial charge in [0.15, 0.2) is 0 Å². The summed E-state index contributed by atoms with van der Waals surface area (Å²) in [5.74, 6) is -1.78. The number of carbonyl (C=O) groups excluding carboxylic acids is 3. The van der Waals surface area contributed by atoms with E-state index in [1.54, 1.807) is 0 Å². The maximum Gasteiger partial charge on any atom is 0.254 e. The van der Waals surface area contributed by atoms with E-state index in [9.17, 15) is 19.5 Å². The van der Waals surface area contributed by atoms with Crippen LogP contribution in [0.15, 0.2) is 0 Å². The monoisotopic (exact) mass is 321 g/mol. The van der Waals surface area contributed by atoms with E-state index in [-0.39, 0.29) is 24.8 Å². The summed E-state index contributed by atoms with van der Waals surface area (Å²) < 4.78 is 0. The van der Waals surface area contributed by atoms with Crippen LogP contribution in [-0.2, 0) is 22.4 Å². The molecule has 2 N–H and O–H groups in total. The molecule has 0 aromatic carbocycles. The van der Waals surface area contributed by atoms with E-state index >= 15 is 0 Å². The number of aryl methyl sites for hydroxylation is 1. The second-order valence-corrected chi connectivity index (χ2v) is 6.83. The van der Waals surface area contributed by atoms with E-state index in [1.807, 2.05) is 0 Å². The summed E-state index contributed by atoms with van der Waals surface area (Å²) in [7, 11) is 0. The van der Waals surface area contributed by atoms with Gasteiger partial charge < -0.3 is 20.5 Å². The summed E-state index contributed by atoms with van der Waals surface area (Å²) in [5.41, 5.74) is 1.62. The molecule has 1 heterocycles. The van der Waals surface area contributed by atoms with Gasteiger partial charge in [0.05, 0.1) is 5.56 Å². The smallest absolute Gasteiger partial charge is 0.254 e. The van der Waals surface area contributed by atoms with Gasteiger partial charge >= 0.3 is 0 Å². The fourth-order valence-corrected chi connectivity index (χ4v) is 3.93. The predicted octanol–water partition coefficient (Wildman–Crippen LogP) is 0.598. The van der Waals surface area contributed by atoms with E-state index in [0.717, 1.165) is 42.5 Å². The predicted molar refractivity (Wildman–Crippen MR) is 79.7 cm³/mol. The molecule has 0 spiro atoms. The molecule has 0 unspecified atom stereocenters. The van der Waals surface area contributed by atoms with E-state index in [1.165, 1.54) is 11.3 Å². The SMILES string of the molecule is O=C([O-])CCC(=O)Nc1sc2c(c1C(=O)NC1CC1)CCC2. The number of hydrogen-bond donors (Lipinski definition) is 2. The highest BCUT2D eigenvalue weighted by Crippen LogP contribution is 2.39. The number of amides is 2. The van der Waals surface area contributed by atoms with Crippen molar-refractivity contribution in [1.82, 2.24) is 5.32 Å². The van der Waals surface area contributed by atoms with Gasteiger partial charge in [0.25, 0.3) is 5.91 Å². The number of carbonyl (C=O) groups is 3. The standard InChI is InChI=1S/C15H18N2O4S/c18-11(6-7-12(19)20)17-15-13(14(21)16-8-4-5-8)9-2-1-3-10(9)22-15/h8H,1-7H2,(H,16,21)(H,17,18)(H,19,20)/p-1. The van der Waals surface area contributed by atoms with Crippen LogP contribution in [0, 0.1) is 0 Å². The minimum Gasteiger partial charge on any atom is -0.550 e. The van der Waals surface area contributed by atoms with E-state index in [4.69, 9.17) is 0 Å². The van der Waals surface area contributed by atoms with Crippen LogP contribution >= 0.6 is 11.3 Å². The van der Waals surface area contributed by atoms with Crippen molar-refractivity contribution in [3.05, 3.63) is 16.0 Å². The lowest BCUT2D eigenvalue weighted by Gasteiger charge is -2.09. The van der Waals surface area contributed by atoms with Crippen LogP contribution in [-0.4, -0.2) is 23.8 Å². The topological polar surface area (TPSA) is 98.3 Å². The quantitative estimate of drug-likeness (QED) is 0.801. The average molecular weight is 321 g/mol. The number of carboxylic acids is 1. The second kappa shape index (κ2) is 6.08. The fourth-order valence-electron chi connectivity index (χ4n) is 2.62. The Labute approximate surface area is 131 Å². The molecule has 6 nitrogen and oxygen atoms in total. The van der Waals surface area contributed by atoms with Crippen LogP contribution in [0.4, 0.5) is 5.00 Å². The van der Waals surface area contributed by atoms with Crippen LogP contribution in [0.3, 0.4) is 0 Å². The number of anilines is 1. The number of aliphatic carboxylic acids is 1. The first-order valence-corrected chi connectivity index (χ1v) is 8.31. The molecule has 22 heavy (non-hydrogen) atoms. The van der Waals surface area contributed by atoms with Crippen molar-refractivity contribution in [3.8, 4) is 0 Å². The molecule has 1 fully saturated rings. The van der Waals surface area contributed by atoms with E-state index in [0.29, 0.717) is 10.6 Å². The molecule has 0 radical (unpaired) electrons. The summed E-state index contributed by atoms with van der Waals surface area (Å²) in [5, 5.41) is 16.6. The number of fused-ring (bicyclic) bond motifs is 1. The lowest BCUT2D eigenvalue weighted by Crippen LogP contribution is -2.27. The fraction of sp³-hybridized carbons (Fsp3) is 0.533. The van der Waals surface area contributed by atoms with Crippen molar-refractivity contribution in [3.63, 3.8) is 0 Å². The van der Waals surface area contributed by atoms with Crippen molar-refractivity contribution >= 4 is 34.1 Å². The van der Waals surface area contributed by atoms with Crippen molar-refractivity contribution in [2.75, 3.05) is 5.32 Å². The molecule has 0 aliphatic heterocycles. The van der Waals surface area contributed by atoms with Gasteiger partial charge in [-0.3, -0.25) is 9.59 Å². The molecule has 0 atom stereocenters. The van der Waals surface area contributed by atoms with Crippen molar-refractivity contribution in [2.45, 2.75) is 51.0 Å². The van der Waals surface area contributed by atoms with Gasteiger partial charge in [0.2, 0.25) is 5.91 Å². The highest BCUT2D eigenvalue weighted by Gasteiger charge is 2.30. The first-order chi connectivity index (χ1) is 10.5. The van der Waals surface area contributed by atoms with Crippen LogP contribution in [0.2, 0.25) is 0 Å². The zero-order valence-electron chi connectivity index (χ0n) is 12.1. The third-order valence-electron chi connectivity index (χ3n) is 3.87. The van der Waals surface area contributed by atoms with Crippen LogP contribution < -0.4 is 15.7 Å². The third kappa shape index (κ3) is 3.30. The molecule has 1 aromatic heterocycles. The van der Waals surface area contributed by atoms with Gasteiger partial charge in [0, 0.05) is 23.3 Å². The molecule has 2 amide bonds. The minimum absolute atomic E-state index is 0.128. The number of nitrogens with one attached hydrogen (secondary N) is 2. The van der Waals surface area contributed by atoms with Crippen LogP contribution in [0.5, 0.6) is 0 Å². The van der Waals surface area contributed by atoms with E-state index < -0.39 is 11.9 Å². The maximum absolute atomic E-state index is 12.4. The maximum atomic E-state index is 12.4. The number of thiophene rings is 1. The largest absolute Gasteiger partial charge is 0.550 e. The molecule has 0 bridgehead atoms. The zero-order chi connectivity index (χ0) is 15.7. The van der Waals surface area contributed by atoms with E-state index in [2.05, 4.69) is 10.6 Å². The Kier molecular flexibility index (Phi) is 4.15. The van der Waals surface area contributed by atoms with Crippen molar-refractivity contribution in [1.29, 1.82) is 0 Å². The molecule has 3 rings (SSSR count). The first kappa shape index (κ1) is 15.0. The summed E-state index contributed by atoms with van der Waals surface area (Å²) in [4.78, 5) is 35.8. The van der Waals surface area contributed by atoms with Gasteiger partial charge in [-0.05, 0) is 44.1 Å². The lowest BCUT2D eigenvalue weighted by molar-refractivity contribution is -0.305. The highest BCUT2D eigenvalue weighted by molar-refractivity contribution is 7.17. The molecular formula is C15H17N2O4S-.